The molecule has 1 aromatic carbocycles. The van der Waals surface area contributed by atoms with Gasteiger partial charge in [-0.25, -0.2) is 0 Å². The van der Waals surface area contributed by atoms with Gasteiger partial charge in [0.25, 0.3) is 5.91 Å². The van der Waals surface area contributed by atoms with Gasteiger partial charge in [0, 0.05) is 11.0 Å². The third-order valence-corrected chi connectivity index (χ3v) is 2.90. The highest BCUT2D eigenvalue weighted by atomic mass is 79.9. The van der Waals surface area contributed by atoms with Crippen LogP contribution >= 0.6 is 15.9 Å². The van der Waals surface area contributed by atoms with Crippen molar-refractivity contribution < 1.29 is 9.53 Å². The first kappa shape index (κ1) is 11.5. The number of rotatable bonds is 2. The zero-order valence-electron chi connectivity index (χ0n) is 9.37. The summed E-state index contributed by atoms with van der Waals surface area (Å²) in [5, 5.41) is 0. The van der Waals surface area contributed by atoms with Crippen LogP contribution < -0.4 is 9.64 Å². The standard InChI is InChI=1S/C12H14BrNO2/c1-8(2)6-14-10-5-9(13)3-4-11(10)16-7-12(14)15/h3-5,8H,6-7H2,1-2H3. The fourth-order valence-electron chi connectivity index (χ4n) is 1.74. The molecule has 0 aromatic heterocycles. The van der Waals surface area contributed by atoms with Crippen LogP contribution in [0, 0.1) is 5.92 Å². The van der Waals surface area contributed by atoms with Crippen LogP contribution in [0.3, 0.4) is 0 Å². The Bertz CT molecular complexity index is 417. The molecule has 0 fully saturated rings. The lowest BCUT2D eigenvalue weighted by atomic mass is 10.1. The number of carbonyl (C=O) groups excluding carboxylic acids is 1. The zero-order chi connectivity index (χ0) is 11.7. The molecule has 1 aromatic rings. The molecule has 0 unspecified atom stereocenters. The van der Waals surface area contributed by atoms with Gasteiger partial charge in [-0.15, -0.1) is 0 Å². The van der Waals surface area contributed by atoms with Crippen LogP contribution in [0.1, 0.15) is 13.8 Å². The van der Waals surface area contributed by atoms with Crippen molar-refractivity contribution in [2.75, 3.05) is 18.1 Å². The summed E-state index contributed by atoms with van der Waals surface area (Å²) in [5.74, 6) is 1.25. The molecule has 1 aliphatic heterocycles. The number of carbonyl (C=O) groups is 1. The molecule has 2 rings (SSSR count). The first-order valence-electron chi connectivity index (χ1n) is 5.30. The highest BCUT2D eigenvalue weighted by molar-refractivity contribution is 9.10. The van der Waals surface area contributed by atoms with Crippen LogP contribution in [0.2, 0.25) is 0 Å². The Labute approximate surface area is 104 Å². The lowest BCUT2D eigenvalue weighted by molar-refractivity contribution is -0.121. The fourth-order valence-corrected chi connectivity index (χ4v) is 2.09. The second kappa shape index (κ2) is 4.45. The van der Waals surface area contributed by atoms with Crippen LogP contribution in [0.25, 0.3) is 0 Å². The molecule has 0 aliphatic carbocycles. The van der Waals surface area contributed by atoms with E-state index in [4.69, 9.17) is 4.74 Å². The summed E-state index contributed by atoms with van der Waals surface area (Å²) in [4.78, 5) is 13.6. The number of benzene rings is 1. The van der Waals surface area contributed by atoms with Gasteiger partial charge in [-0.2, -0.15) is 0 Å². The Morgan fingerprint density at radius 1 is 1.50 bits per heavy atom. The molecule has 86 valence electrons. The van der Waals surface area contributed by atoms with Crippen LogP contribution in [-0.4, -0.2) is 19.1 Å². The van der Waals surface area contributed by atoms with Gasteiger partial charge in [0.05, 0.1) is 5.69 Å². The summed E-state index contributed by atoms with van der Waals surface area (Å²) in [6.07, 6.45) is 0. The third-order valence-electron chi connectivity index (χ3n) is 2.41. The summed E-state index contributed by atoms with van der Waals surface area (Å²) >= 11 is 3.41. The van der Waals surface area contributed by atoms with Gasteiger partial charge in [-0.3, -0.25) is 4.79 Å². The van der Waals surface area contributed by atoms with E-state index in [0.29, 0.717) is 5.92 Å². The molecular formula is C12H14BrNO2. The summed E-state index contributed by atoms with van der Waals surface area (Å²) in [7, 11) is 0. The van der Waals surface area contributed by atoms with E-state index in [1.165, 1.54) is 0 Å². The quantitative estimate of drug-likeness (QED) is 0.835. The summed E-state index contributed by atoms with van der Waals surface area (Å²) in [6.45, 7) is 5.06. The molecule has 0 saturated heterocycles. The minimum Gasteiger partial charge on any atom is -0.482 e. The Balaban J connectivity index is 2.38. The molecule has 1 heterocycles. The van der Waals surface area contributed by atoms with Gasteiger partial charge in [0.2, 0.25) is 0 Å². The van der Waals surface area contributed by atoms with Crippen molar-refractivity contribution in [1.29, 1.82) is 0 Å². The molecule has 1 amide bonds. The van der Waals surface area contributed by atoms with Crippen LogP contribution in [0.5, 0.6) is 5.75 Å². The maximum atomic E-state index is 11.8. The number of fused-ring (bicyclic) bond motifs is 1. The molecule has 1 aliphatic rings. The Kier molecular flexibility index (Phi) is 3.19. The fraction of sp³-hybridized carbons (Fsp3) is 0.417. The summed E-state index contributed by atoms with van der Waals surface area (Å²) in [5.41, 5.74) is 0.860. The van der Waals surface area contributed by atoms with E-state index in [2.05, 4.69) is 29.8 Å². The van der Waals surface area contributed by atoms with E-state index in [9.17, 15) is 4.79 Å². The van der Waals surface area contributed by atoms with E-state index in [1.54, 1.807) is 4.90 Å². The van der Waals surface area contributed by atoms with Crippen molar-refractivity contribution in [3.05, 3.63) is 22.7 Å². The molecular weight excluding hydrogens is 270 g/mol. The predicted molar refractivity (Wildman–Crippen MR) is 66.8 cm³/mol. The molecule has 16 heavy (non-hydrogen) atoms. The highest BCUT2D eigenvalue weighted by Crippen LogP contribution is 2.34. The van der Waals surface area contributed by atoms with Gasteiger partial charge in [0.15, 0.2) is 6.61 Å². The average Bonchev–Trinajstić information content (AvgIpc) is 2.22. The summed E-state index contributed by atoms with van der Waals surface area (Å²) in [6, 6.07) is 5.73. The van der Waals surface area contributed by atoms with Gasteiger partial charge in [0.1, 0.15) is 5.75 Å². The lowest BCUT2D eigenvalue weighted by Crippen LogP contribution is -2.40. The normalized spacial score (nSPS) is 15.0. The third kappa shape index (κ3) is 2.21. The van der Waals surface area contributed by atoms with Crippen molar-refractivity contribution in [3.63, 3.8) is 0 Å². The van der Waals surface area contributed by atoms with Gasteiger partial charge >= 0.3 is 0 Å². The minimum absolute atomic E-state index is 0.0271. The number of anilines is 1. The second-order valence-corrected chi connectivity index (χ2v) is 5.21. The van der Waals surface area contributed by atoms with E-state index >= 15 is 0 Å². The van der Waals surface area contributed by atoms with Gasteiger partial charge in [-0.1, -0.05) is 29.8 Å². The monoisotopic (exact) mass is 283 g/mol. The first-order valence-corrected chi connectivity index (χ1v) is 6.10. The molecule has 4 heteroatoms. The number of nitrogens with zero attached hydrogens (tertiary/aromatic N) is 1. The first-order chi connectivity index (χ1) is 7.58. The van der Waals surface area contributed by atoms with Crippen LogP contribution in [0.15, 0.2) is 22.7 Å². The van der Waals surface area contributed by atoms with Crippen molar-refractivity contribution in [2.24, 2.45) is 5.92 Å². The van der Waals surface area contributed by atoms with E-state index < -0.39 is 0 Å². The van der Waals surface area contributed by atoms with Gasteiger partial charge in [-0.05, 0) is 24.1 Å². The molecule has 0 radical (unpaired) electrons. The molecule has 0 atom stereocenters. The number of amides is 1. The van der Waals surface area contributed by atoms with Gasteiger partial charge < -0.3 is 9.64 Å². The molecule has 3 nitrogen and oxygen atoms in total. The maximum Gasteiger partial charge on any atom is 0.265 e. The van der Waals surface area contributed by atoms with E-state index in [1.807, 2.05) is 18.2 Å². The maximum absolute atomic E-state index is 11.8. The smallest absolute Gasteiger partial charge is 0.265 e. The largest absolute Gasteiger partial charge is 0.482 e. The predicted octanol–water partition coefficient (Wildman–Crippen LogP) is 2.83. The number of hydrogen-bond donors (Lipinski definition) is 0. The average molecular weight is 284 g/mol. The molecule has 0 spiro atoms. The second-order valence-electron chi connectivity index (χ2n) is 4.30. The number of halogens is 1. The van der Waals surface area contributed by atoms with Crippen LogP contribution in [0.4, 0.5) is 5.69 Å². The van der Waals surface area contributed by atoms with Crippen molar-refractivity contribution in [1.82, 2.24) is 0 Å². The summed E-state index contributed by atoms with van der Waals surface area (Å²) < 4.78 is 6.35. The zero-order valence-corrected chi connectivity index (χ0v) is 11.0. The Morgan fingerprint density at radius 2 is 2.25 bits per heavy atom. The Morgan fingerprint density at radius 3 is 2.94 bits per heavy atom. The SMILES string of the molecule is CC(C)CN1C(=O)COc2ccc(Br)cc21. The molecule has 0 N–H and O–H groups in total. The van der Waals surface area contributed by atoms with Crippen molar-refractivity contribution in [2.45, 2.75) is 13.8 Å². The van der Waals surface area contributed by atoms with Crippen molar-refractivity contribution in [3.8, 4) is 5.75 Å². The minimum atomic E-state index is 0.0271. The highest BCUT2D eigenvalue weighted by Gasteiger charge is 2.25. The molecule has 0 saturated carbocycles. The number of hydrogen-bond acceptors (Lipinski definition) is 2. The topological polar surface area (TPSA) is 29.5 Å². The van der Waals surface area contributed by atoms with Crippen LogP contribution in [-0.2, 0) is 4.79 Å². The number of ether oxygens (including phenoxy) is 1. The molecule has 0 bridgehead atoms. The Hall–Kier alpha value is -1.03. The van der Waals surface area contributed by atoms with Crippen molar-refractivity contribution >= 4 is 27.5 Å². The van der Waals surface area contributed by atoms with E-state index in [0.717, 1.165) is 22.5 Å². The van der Waals surface area contributed by atoms with E-state index in [-0.39, 0.29) is 12.5 Å². The lowest BCUT2D eigenvalue weighted by Gasteiger charge is -2.30.